The third kappa shape index (κ3) is 2.39. The molecule has 1 aliphatic carbocycles. The summed E-state index contributed by atoms with van der Waals surface area (Å²) in [6.07, 6.45) is 2.71. The van der Waals surface area contributed by atoms with E-state index < -0.39 is 0 Å². The van der Waals surface area contributed by atoms with Gasteiger partial charge < -0.3 is 10.3 Å². The van der Waals surface area contributed by atoms with Gasteiger partial charge in [0.15, 0.2) is 5.16 Å². The van der Waals surface area contributed by atoms with E-state index in [1.807, 2.05) is 18.2 Å². The van der Waals surface area contributed by atoms with Crippen LogP contribution >= 0.6 is 11.8 Å². The summed E-state index contributed by atoms with van der Waals surface area (Å²) in [5.74, 6) is 1.08. The van der Waals surface area contributed by atoms with Crippen LogP contribution in [0.4, 0.5) is 0 Å². The number of H-pyrrole nitrogens is 1. The summed E-state index contributed by atoms with van der Waals surface area (Å²) >= 11 is 1.79. The van der Waals surface area contributed by atoms with Crippen LogP contribution < -0.4 is 5.32 Å². The molecule has 4 heteroatoms. The normalized spacial score (nSPS) is 15.8. The largest absolute Gasteiger partial charge is 0.333 e. The minimum Gasteiger partial charge on any atom is -0.333 e. The molecule has 84 valence electrons. The second-order valence-electron chi connectivity index (χ2n) is 4.14. The number of rotatable bonds is 5. The van der Waals surface area contributed by atoms with Crippen LogP contribution in [0.2, 0.25) is 0 Å². The molecule has 1 saturated carbocycles. The van der Waals surface area contributed by atoms with Crippen molar-refractivity contribution in [1.29, 1.82) is 0 Å². The van der Waals surface area contributed by atoms with Crippen LogP contribution in [-0.4, -0.2) is 28.3 Å². The molecule has 16 heavy (non-hydrogen) atoms. The Labute approximate surface area is 99.0 Å². The molecule has 0 amide bonds. The molecule has 3 rings (SSSR count). The highest BCUT2D eigenvalue weighted by atomic mass is 32.2. The van der Waals surface area contributed by atoms with Crippen molar-refractivity contribution in [3.63, 3.8) is 0 Å². The average Bonchev–Trinajstić information content (AvgIpc) is 3.03. The molecule has 1 heterocycles. The molecule has 0 radical (unpaired) electrons. The minimum atomic E-state index is 0.802. The van der Waals surface area contributed by atoms with Crippen molar-refractivity contribution in [1.82, 2.24) is 15.3 Å². The van der Waals surface area contributed by atoms with E-state index in [-0.39, 0.29) is 0 Å². The lowest BCUT2D eigenvalue weighted by molar-refractivity contribution is 0.725. The fourth-order valence-electron chi connectivity index (χ4n) is 1.70. The first-order valence-electron chi connectivity index (χ1n) is 5.73. The maximum absolute atomic E-state index is 4.52. The first-order valence-corrected chi connectivity index (χ1v) is 6.71. The zero-order valence-corrected chi connectivity index (χ0v) is 9.89. The molecule has 0 atom stereocenters. The highest BCUT2D eigenvalue weighted by Gasteiger charge is 2.19. The maximum Gasteiger partial charge on any atom is 0.166 e. The number of aromatic amines is 1. The van der Waals surface area contributed by atoms with Crippen molar-refractivity contribution in [3.8, 4) is 0 Å². The molecule has 3 nitrogen and oxygen atoms in total. The number of aromatic nitrogens is 2. The van der Waals surface area contributed by atoms with E-state index in [2.05, 4.69) is 21.4 Å². The Kier molecular flexibility index (Phi) is 2.84. The Bertz CT molecular complexity index is 443. The second kappa shape index (κ2) is 4.47. The molecule has 0 saturated heterocycles. The predicted octanol–water partition coefficient (Wildman–Crippen LogP) is 2.41. The van der Waals surface area contributed by atoms with E-state index in [0.717, 1.165) is 34.5 Å². The number of fused-ring (bicyclic) bond motifs is 1. The molecule has 0 unspecified atom stereocenters. The first kappa shape index (κ1) is 10.2. The summed E-state index contributed by atoms with van der Waals surface area (Å²) in [5, 5.41) is 4.52. The molecule has 2 N–H and O–H groups in total. The third-order valence-electron chi connectivity index (χ3n) is 2.72. The molecule has 1 aromatic carbocycles. The van der Waals surface area contributed by atoms with Gasteiger partial charge in [-0.1, -0.05) is 23.9 Å². The lowest BCUT2D eigenvalue weighted by atomic mass is 10.3. The van der Waals surface area contributed by atoms with Crippen LogP contribution in [0, 0.1) is 0 Å². The van der Waals surface area contributed by atoms with Gasteiger partial charge in [-0.3, -0.25) is 0 Å². The number of nitrogens with zero attached hydrogens (tertiary/aromatic N) is 1. The van der Waals surface area contributed by atoms with Crippen LogP contribution in [0.5, 0.6) is 0 Å². The lowest BCUT2D eigenvalue weighted by Gasteiger charge is -1.99. The highest BCUT2D eigenvalue weighted by Crippen LogP contribution is 2.20. The number of thioether (sulfide) groups is 1. The van der Waals surface area contributed by atoms with E-state index >= 15 is 0 Å². The summed E-state index contributed by atoms with van der Waals surface area (Å²) in [6.45, 7) is 1.08. The van der Waals surface area contributed by atoms with Gasteiger partial charge in [0.2, 0.25) is 0 Å². The van der Waals surface area contributed by atoms with E-state index in [9.17, 15) is 0 Å². The lowest BCUT2D eigenvalue weighted by Crippen LogP contribution is -2.19. The van der Waals surface area contributed by atoms with Crippen LogP contribution in [-0.2, 0) is 0 Å². The Morgan fingerprint density at radius 1 is 1.38 bits per heavy atom. The number of benzene rings is 1. The summed E-state index contributed by atoms with van der Waals surface area (Å²) < 4.78 is 0. The van der Waals surface area contributed by atoms with Gasteiger partial charge in [-0.05, 0) is 25.0 Å². The fourth-order valence-corrected chi connectivity index (χ4v) is 2.45. The summed E-state index contributed by atoms with van der Waals surface area (Å²) in [4.78, 5) is 7.85. The smallest absolute Gasteiger partial charge is 0.166 e. The molecule has 1 aliphatic rings. The summed E-state index contributed by atoms with van der Waals surface area (Å²) in [5.41, 5.74) is 2.18. The number of imidazole rings is 1. The molecule has 0 bridgehead atoms. The van der Waals surface area contributed by atoms with Gasteiger partial charge in [0.05, 0.1) is 11.0 Å². The minimum absolute atomic E-state index is 0.802. The van der Waals surface area contributed by atoms with Crippen molar-refractivity contribution < 1.29 is 0 Å². The molecule has 0 aliphatic heterocycles. The molecule has 0 spiro atoms. The number of nitrogens with one attached hydrogen (secondary N) is 2. The van der Waals surface area contributed by atoms with Crippen molar-refractivity contribution in [2.45, 2.75) is 24.0 Å². The van der Waals surface area contributed by atoms with Gasteiger partial charge in [0, 0.05) is 18.3 Å². The maximum atomic E-state index is 4.52. The SMILES string of the molecule is c1ccc2[nH]c(SCCNC3CC3)nc2c1. The van der Waals surface area contributed by atoms with Gasteiger partial charge in [-0.2, -0.15) is 0 Å². The van der Waals surface area contributed by atoms with Gasteiger partial charge in [0.25, 0.3) is 0 Å². The highest BCUT2D eigenvalue weighted by molar-refractivity contribution is 7.99. The van der Waals surface area contributed by atoms with Crippen molar-refractivity contribution >= 4 is 22.8 Å². The van der Waals surface area contributed by atoms with Gasteiger partial charge in [0.1, 0.15) is 0 Å². The third-order valence-corrected chi connectivity index (χ3v) is 3.59. The summed E-state index contributed by atoms with van der Waals surface area (Å²) in [6, 6.07) is 8.96. The van der Waals surface area contributed by atoms with Gasteiger partial charge in [-0.15, -0.1) is 0 Å². The predicted molar refractivity (Wildman–Crippen MR) is 67.8 cm³/mol. The van der Waals surface area contributed by atoms with E-state index in [4.69, 9.17) is 0 Å². The zero-order chi connectivity index (χ0) is 10.8. The van der Waals surface area contributed by atoms with Gasteiger partial charge >= 0.3 is 0 Å². The Hall–Kier alpha value is -1.00. The topological polar surface area (TPSA) is 40.7 Å². The first-order chi connectivity index (χ1) is 7.92. The molecular weight excluding hydrogens is 218 g/mol. The summed E-state index contributed by atoms with van der Waals surface area (Å²) in [7, 11) is 0. The standard InChI is InChI=1S/C12H15N3S/c1-2-4-11-10(3-1)14-12(15-11)16-8-7-13-9-5-6-9/h1-4,9,13H,5-8H2,(H,14,15). The molecule has 1 fully saturated rings. The second-order valence-corrected chi connectivity index (χ2v) is 5.22. The quantitative estimate of drug-likeness (QED) is 0.615. The number of hydrogen-bond acceptors (Lipinski definition) is 3. The van der Waals surface area contributed by atoms with E-state index in [1.165, 1.54) is 12.8 Å². The number of para-hydroxylation sites is 2. The fraction of sp³-hybridized carbons (Fsp3) is 0.417. The van der Waals surface area contributed by atoms with Crippen molar-refractivity contribution in [2.24, 2.45) is 0 Å². The van der Waals surface area contributed by atoms with Gasteiger partial charge in [-0.25, -0.2) is 4.98 Å². The molecule has 2 aromatic rings. The molecule has 1 aromatic heterocycles. The Morgan fingerprint density at radius 3 is 3.06 bits per heavy atom. The van der Waals surface area contributed by atoms with Crippen LogP contribution in [0.25, 0.3) is 11.0 Å². The average molecular weight is 233 g/mol. The molecular formula is C12H15N3S. The van der Waals surface area contributed by atoms with Crippen molar-refractivity contribution in [2.75, 3.05) is 12.3 Å². The zero-order valence-electron chi connectivity index (χ0n) is 9.07. The number of hydrogen-bond donors (Lipinski definition) is 2. The Morgan fingerprint density at radius 2 is 2.25 bits per heavy atom. The van der Waals surface area contributed by atoms with E-state index in [1.54, 1.807) is 11.8 Å². The van der Waals surface area contributed by atoms with E-state index in [0.29, 0.717) is 0 Å². The van der Waals surface area contributed by atoms with Crippen molar-refractivity contribution in [3.05, 3.63) is 24.3 Å². The van der Waals surface area contributed by atoms with Crippen LogP contribution in [0.15, 0.2) is 29.4 Å². The Balaban J connectivity index is 1.56. The van der Waals surface area contributed by atoms with Crippen LogP contribution in [0.3, 0.4) is 0 Å². The van der Waals surface area contributed by atoms with Crippen LogP contribution in [0.1, 0.15) is 12.8 Å². The monoisotopic (exact) mass is 233 g/mol.